The lowest BCUT2D eigenvalue weighted by atomic mass is 9.96. The molecule has 0 aliphatic carbocycles. The second-order valence-electron chi connectivity index (χ2n) is 7.84. The molecule has 0 amide bonds. The molecule has 0 bridgehead atoms. The van der Waals surface area contributed by atoms with Gasteiger partial charge in [-0.05, 0) is 31.4 Å². The predicted octanol–water partition coefficient (Wildman–Crippen LogP) is 5.14. The standard InChI is InChI=1S/C24H30O7/c1-4-6-8-9-15-11-16(25)12-19(26)22(15)30-20-14-17(29-3)13-18-21(20)23(27)31-24(18,28)10-7-5-2/h11-14,25-26,28H,4-10H2,1-3H3. The van der Waals surface area contributed by atoms with E-state index in [9.17, 15) is 20.1 Å². The molecule has 1 unspecified atom stereocenters. The Morgan fingerprint density at radius 2 is 1.77 bits per heavy atom. The lowest BCUT2D eigenvalue weighted by Crippen LogP contribution is -2.25. The second kappa shape index (κ2) is 9.47. The van der Waals surface area contributed by atoms with Crippen LogP contribution in [0.5, 0.6) is 28.7 Å². The van der Waals surface area contributed by atoms with E-state index in [0.717, 1.165) is 25.7 Å². The van der Waals surface area contributed by atoms with E-state index in [0.29, 0.717) is 24.2 Å². The largest absolute Gasteiger partial charge is 0.508 e. The van der Waals surface area contributed by atoms with Crippen molar-refractivity contribution in [1.29, 1.82) is 0 Å². The number of aliphatic hydroxyl groups is 1. The van der Waals surface area contributed by atoms with Gasteiger partial charge < -0.3 is 29.5 Å². The van der Waals surface area contributed by atoms with Crippen LogP contribution in [0.1, 0.15) is 73.9 Å². The maximum absolute atomic E-state index is 12.7. The summed E-state index contributed by atoms with van der Waals surface area (Å²) in [4.78, 5) is 12.7. The normalized spacial score (nSPS) is 17.4. The number of phenols is 2. The van der Waals surface area contributed by atoms with Crippen LogP contribution in [0, 0.1) is 0 Å². The van der Waals surface area contributed by atoms with Gasteiger partial charge in [-0.25, -0.2) is 4.79 Å². The Hall–Kier alpha value is -2.93. The Bertz CT molecular complexity index is 953. The van der Waals surface area contributed by atoms with Crippen molar-refractivity contribution >= 4 is 5.97 Å². The predicted molar refractivity (Wildman–Crippen MR) is 115 cm³/mol. The number of hydrogen-bond donors (Lipinski definition) is 3. The number of ether oxygens (including phenoxy) is 3. The molecule has 168 valence electrons. The van der Waals surface area contributed by atoms with Crippen LogP contribution < -0.4 is 9.47 Å². The van der Waals surface area contributed by atoms with E-state index in [4.69, 9.17) is 14.2 Å². The van der Waals surface area contributed by atoms with E-state index in [1.54, 1.807) is 12.1 Å². The highest BCUT2D eigenvalue weighted by Gasteiger charge is 2.46. The number of unbranched alkanes of at least 4 members (excludes halogenated alkanes) is 3. The minimum Gasteiger partial charge on any atom is -0.508 e. The summed E-state index contributed by atoms with van der Waals surface area (Å²) in [6, 6.07) is 5.82. The molecule has 0 radical (unpaired) electrons. The number of carbonyl (C=O) groups excluding carboxylic acids is 1. The van der Waals surface area contributed by atoms with E-state index in [2.05, 4.69) is 6.92 Å². The van der Waals surface area contributed by atoms with Gasteiger partial charge in [0.05, 0.1) is 7.11 Å². The molecule has 1 aliphatic rings. The van der Waals surface area contributed by atoms with Crippen LogP contribution >= 0.6 is 0 Å². The van der Waals surface area contributed by atoms with Crippen molar-refractivity contribution in [1.82, 2.24) is 0 Å². The first kappa shape index (κ1) is 22.7. The number of aromatic hydroxyl groups is 2. The smallest absolute Gasteiger partial charge is 0.345 e. The third-order valence-corrected chi connectivity index (χ3v) is 5.46. The van der Waals surface area contributed by atoms with E-state index in [1.807, 2.05) is 6.92 Å². The summed E-state index contributed by atoms with van der Waals surface area (Å²) >= 11 is 0. The molecule has 1 aliphatic heterocycles. The molecule has 3 N–H and O–H groups in total. The third-order valence-electron chi connectivity index (χ3n) is 5.46. The van der Waals surface area contributed by atoms with Gasteiger partial charge in [-0.1, -0.05) is 33.1 Å². The van der Waals surface area contributed by atoms with E-state index in [-0.39, 0.29) is 40.5 Å². The van der Waals surface area contributed by atoms with Crippen LogP contribution in [-0.4, -0.2) is 28.4 Å². The first-order chi connectivity index (χ1) is 14.8. The highest BCUT2D eigenvalue weighted by molar-refractivity contribution is 5.98. The van der Waals surface area contributed by atoms with Crippen LogP contribution in [0.3, 0.4) is 0 Å². The van der Waals surface area contributed by atoms with Crippen LogP contribution in [0.25, 0.3) is 0 Å². The maximum atomic E-state index is 12.7. The van der Waals surface area contributed by atoms with Crippen molar-refractivity contribution in [2.75, 3.05) is 7.11 Å². The zero-order valence-electron chi connectivity index (χ0n) is 18.2. The van der Waals surface area contributed by atoms with Gasteiger partial charge >= 0.3 is 5.97 Å². The van der Waals surface area contributed by atoms with Crippen LogP contribution in [0.4, 0.5) is 0 Å². The number of hydrogen-bond acceptors (Lipinski definition) is 7. The van der Waals surface area contributed by atoms with Crippen molar-refractivity contribution in [2.45, 2.75) is 64.6 Å². The Balaban J connectivity index is 2.07. The summed E-state index contributed by atoms with van der Waals surface area (Å²) in [5.41, 5.74) is 1.01. The summed E-state index contributed by atoms with van der Waals surface area (Å²) in [6.45, 7) is 4.07. The molecule has 3 rings (SSSR count). The van der Waals surface area contributed by atoms with Crippen molar-refractivity contribution in [3.05, 3.63) is 41.0 Å². The lowest BCUT2D eigenvalue weighted by Gasteiger charge is -2.22. The first-order valence-corrected chi connectivity index (χ1v) is 10.7. The lowest BCUT2D eigenvalue weighted by molar-refractivity contribution is -0.168. The van der Waals surface area contributed by atoms with Gasteiger partial charge in [-0.3, -0.25) is 0 Å². The van der Waals surface area contributed by atoms with Gasteiger partial charge in [-0.15, -0.1) is 0 Å². The van der Waals surface area contributed by atoms with Crippen molar-refractivity contribution in [2.24, 2.45) is 0 Å². The summed E-state index contributed by atoms with van der Waals surface area (Å²) in [6.07, 6.45) is 5.18. The molecular formula is C24H30O7. The van der Waals surface area contributed by atoms with Crippen molar-refractivity contribution in [3.63, 3.8) is 0 Å². The van der Waals surface area contributed by atoms with Gasteiger partial charge in [0.2, 0.25) is 5.79 Å². The van der Waals surface area contributed by atoms with Crippen LogP contribution in [-0.2, 0) is 16.9 Å². The number of aryl methyl sites for hydroxylation is 1. The summed E-state index contributed by atoms with van der Waals surface area (Å²) in [7, 11) is 1.47. The van der Waals surface area contributed by atoms with Crippen LogP contribution in [0.2, 0.25) is 0 Å². The van der Waals surface area contributed by atoms with E-state index < -0.39 is 11.8 Å². The number of methoxy groups -OCH3 is 1. The highest BCUT2D eigenvalue weighted by Crippen LogP contribution is 2.47. The molecule has 7 nitrogen and oxygen atoms in total. The fraction of sp³-hybridized carbons (Fsp3) is 0.458. The Labute approximate surface area is 182 Å². The first-order valence-electron chi connectivity index (χ1n) is 10.7. The number of cyclic esters (lactones) is 1. The number of esters is 1. The third kappa shape index (κ3) is 4.71. The SMILES string of the molecule is CCCCCc1cc(O)cc(O)c1Oc1cc(OC)cc2c1C(=O)OC2(O)CCCC. The van der Waals surface area contributed by atoms with Gasteiger partial charge in [0.1, 0.15) is 22.8 Å². The summed E-state index contributed by atoms with van der Waals surface area (Å²) < 4.78 is 16.7. The minimum atomic E-state index is -1.75. The number of rotatable bonds is 10. The molecule has 2 aromatic carbocycles. The number of phenolic OH excluding ortho intramolecular Hbond substituents is 2. The topological polar surface area (TPSA) is 105 Å². The number of fused-ring (bicyclic) bond motifs is 1. The molecule has 31 heavy (non-hydrogen) atoms. The van der Waals surface area contributed by atoms with Gasteiger partial charge in [0.15, 0.2) is 11.5 Å². The van der Waals surface area contributed by atoms with Gasteiger partial charge in [0, 0.05) is 29.7 Å². The molecule has 0 aromatic heterocycles. The Kier molecular flexibility index (Phi) is 6.95. The second-order valence-corrected chi connectivity index (χ2v) is 7.84. The zero-order chi connectivity index (χ0) is 22.6. The van der Waals surface area contributed by atoms with Gasteiger partial charge in [-0.2, -0.15) is 0 Å². The van der Waals surface area contributed by atoms with E-state index in [1.165, 1.54) is 19.2 Å². The Morgan fingerprint density at radius 1 is 1.03 bits per heavy atom. The number of carbonyl (C=O) groups is 1. The zero-order valence-corrected chi connectivity index (χ0v) is 18.2. The van der Waals surface area contributed by atoms with Crippen LogP contribution in [0.15, 0.2) is 24.3 Å². The quantitative estimate of drug-likeness (QED) is 0.354. The monoisotopic (exact) mass is 430 g/mol. The molecule has 0 fully saturated rings. The molecule has 1 atom stereocenters. The summed E-state index contributed by atoms with van der Waals surface area (Å²) in [5, 5.41) is 31.4. The summed E-state index contributed by atoms with van der Waals surface area (Å²) in [5.74, 6) is -2.11. The average molecular weight is 430 g/mol. The fourth-order valence-corrected chi connectivity index (χ4v) is 3.80. The van der Waals surface area contributed by atoms with E-state index >= 15 is 0 Å². The fourth-order valence-electron chi connectivity index (χ4n) is 3.80. The highest BCUT2D eigenvalue weighted by atomic mass is 16.7. The van der Waals surface area contributed by atoms with Gasteiger partial charge in [0.25, 0.3) is 0 Å². The Morgan fingerprint density at radius 3 is 2.45 bits per heavy atom. The van der Waals surface area contributed by atoms with Crippen molar-refractivity contribution < 1.29 is 34.3 Å². The molecule has 7 heteroatoms. The maximum Gasteiger partial charge on any atom is 0.345 e. The minimum absolute atomic E-state index is 0.0689. The molecular weight excluding hydrogens is 400 g/mol. The van der Waals surface area contributed by atoms with Crippen molar-refractivity contribution in [3.8, 4) is 28.7 Å². The molecule has 2 aromatic rings. The number of benzene rings is 2. The molecule has 0 spiro atoms. The average Bonchev–Trinajstić information content (AvgIpc) is 2.99. The molecule has 0 saturated carbocycles. The molecule has 0 saturated heterocycles. The molecule has 1 heterocycles.